The molecule has 1 aromatic heterocycles. The van der Waals surface area contributed by atoms with Crippen molar-refractivity contribution in [3.8, 4) is 0 Å². The number of hydrogen-bond acceptors (Lipinski definition) is 5. The second-order valence-electron chi connectivity index (χ2n) is 6.15. The van der Waals surface area contributed by atoms with Gasteiger partial charge in [-0.1, -0.05) is 0 Å². The number of hydrogen-bond donors (Lipinski definition) is 2. The van der Waals surface area contributed by atoms with E-state index in [0.717, 1.165) is 44.1 Å². The van der Waals surface area contributed by atoms with Crippen LogP contribution in [-0.4, -0.2) is 35.5 Å². The average Bonchev–Trinajstić information content (AvgIpc) is 3.29. The molecular weight excluding hydrogens is 266 g/mol. The number of anilines is 2. The van der Waals surface area contributed by atoms with Crippen LogP contribution in [0.15, 0.2) is 6.07 Å². The van der Waals surface area contributed by atoms with Gasteiger partial charge in [0.05, 0.1) is 0 Å². The summed E-state index contributed by atoms with van der Waals surface area (Å²) in [6, 6.07) is 1.88. The van der Waals surface area contributed by atoms with Gasteiger partial charge in [0, 0.05) is 38.5 Å². The van der Waals surface area contributed by atoms with Gasteiger partial charge in [0.1, 0.15) is 17.5 Å². The number of piperidine rings is 1. The summed E-state index contributed by atoms with van der Waals surface area (Å²) in [7, 11) is 0. The summed E-state index contributed by atoms with van der Waals surface area (Å²) in [6.45, 7) is 4.27. The molecule has 1 amide bonds. The van der Waals surface area contributed by atoms with Gasteiger partial charge in [-0.15, -0.1) is 0 Å². The molecule has 2 aliphatic rings. The monoisotopic (exact) mass is 289 g/mol. The summed E-state index contributed by atoms with van der Waals surface area (Å²) in [6.07, 6.45) is 4.51. The average molecular weight is 289 g/mol. The zero-order valence-electron chi connectivity index (χ0n) is 12.5. The van der Waals surface area contributed by atoms with Gasteiger partial charge < -0.3 is 16.0 Å². The second-order valence-corrected chi connectivity index (χ2v) is 6.15. The molecule has 2 heterocycles. The Balaban J connectivity index is 1.60. The highest BCUT2D eigenvalue weighted by Gasteiger charge is 2.28. The molecule has 21 heavy (non-hydrogen) atoms. The Morgan fingerprint density at radius 1 is 1.33 bits per heavy atom. The maximum Gasteiger partial charge on any atom is 0.216 e. The lowest BCUT2D eigenvalue weighted by Crippen LogP contribution is -2.38. The topological polar surface area (TPSA) is 84.1 Å². The van der Waals surface area contributed by atoms with Crippen LogP contribution in [0.5, 0.6) is 0 Å². The predicted molar refractivity (Wildman–Crippen MR) is 82.0 cm³/mol. The van der Waals surface area contributed by atoms with Gasteiger partial charge in [-0.05, 0) is 31.6 Å². The number of rotatable bonds is 4. The summed E-state index contributed by atoms with van der Waals surface area (Å²) in [5.74, 6) is 3.57. The quantitative estimate of drug-likeness (QED) is 0.872. The van der Waals surface area contributed by atoms with E-state index in [-0.39, 0.29) is 5.91 Å². The zero-order valence-corrected chi connectivity index (χ0v) is 12.5. The highest BCUT2D eigenvalue weighted by Crippen LogP contribution is 2.39. The molecule has 1 aliphatic heterocycles. The normalized spacial score (nSPS) is 19.6. The number of carbonyl (C=O) groups excluding carboxylic acids is 1. The smallest absolute Gasteiger partial charge is 0.216 e. The van der Waals surface area contributed by atoms with Gasteiger partial charge in [-0.3, -0.25) is 4.79 Å². The van der Waals surface area contributed by atoms with Crippen LogP contribution < -0.4 is 16.0 Å². The molecular formula is C15H23N5O. The summed E-state index contributed by atoms with van der Waals surface area (Å²) < 4.78 is 0. The minimum absolute atomic E-state index is 0.0510. The number of nitrogen functional groups attached to an aromatic ring is 1. The van der Waals surface area contributed by atoms with Crippen molar-refractivity contribution in [3.05, 3.63) is 11.9 Å². The third kappa shape index (κ3) is 3.62. The van der Waals surface area contributed by atoms with Gasteiger partial charge in [-0.25, -0.2) is 9.97 Å². The molecule has 1 saturated carbocycles. The van der Waals surface area contributed by atoms with Crippen molar-refractivity contribution in [2.45, 2.75) is 38.5 Å². The first-order valence-corrected chi connectivity index (χ1v) is 7.75. The number of nitrogens with one attached hydrogen (secondary N) is 1. The summed E-state index contributed by atoms with van der Waals surface area (Å²) in [5.41, 5.74) is 5.91. The SMILES string of the molecule is CC(=O)NCC1CCN(c2cc(N)nc(C3CC3)n2)CC1. The summed E-state index contributed by atoms with van der Waals surface area (Å²) >= 11 is 0. The van der Waals surface area contributed by atoms with Crippen molar-refractivity contribution in [1.29, 1.82) is 0 Å². The van der Waals surface area contributed by atoms with E-state index in [0.29, 0.717) is 17.7 Å². The number of aromatic nitrogens is 2. The maximum absolute atomic E-state index is 11.0. The standard InChI is InChI=1S/C15H23N5O/c1-10(21)17-9-11-4-6-20(7-5-11)14-8-13(16)18-15(19-14)12-2-3-12/h8,11-12H,2-7,9H2,1H3,(H,17,21)(H2,16,18,19). The second kappa shape index (κ2) is 5.87. The Labute approximate surface area is 125 Å². The minimum atomic E-state index is 0.0510. The lowest BCUT2D eigenvalue weighted by molar-refractivity contribution is -0.119. The Morgan fingerprint density at radius 3 is 2.67 bits per heavy atom. The maximum atomic E-state index is 11.0. The molecule has 6 nitrogen and oxygen atoms in total. The number of nitrogens with zero attached hydrogens (tertiary/aromatic N) is 3. The van der Waals surface area contributed by atoms with Gasteiger partial charge in [0.25, 0.3) is 0 Å². The first-order chi connectivity index (χ1) is 10.1. The summed E-state index contributed by atoms with van der Waals surface area (Å²) in [4.78, 5) is 22.3. The van der Waals surface area contributed by atoms with Crippen molar-refractivity contribution in [1.82, 2.24) is 15.3 Å². The van der Waals surface area contributed by atoms with E-state index < -0.39 is 0 Å². The van der Waals surface area contributed by atoms with E-state index in [1.807, 2.05) is 6.07 Å². The Kier molecular flexibility index (Phi) is 3.94. The van der Waals surface area contributed by atoms with Crippen LogP contribution in [0.25, 0.3) is 0 Å². The molecule has 0 aromatic carbocycles. The van der Waals surface area contributed by atoms with E-state index in [9.17, 15) is 4.79 Å². The lowest BCUT2D eigenvalue weighted by Gasteiger charge is -2.33. The van der Waals surface area contributed by atoms with Gasteiger partial charge in [0.15, 0.2) is 0 Å². The molecule has 3 rings (SSSR count). The first-order valence-electron chi connectivity index (χ1n) is 7.75. The molecule has 0 unspecified atom stereocenters. The number of carbonyl (C=O) groups is 1. The molecule has 114 valence electrons. The predicted octanol–water partition coefficient (Wildman–Crippen LogP) is 1.29. The van der Waals surface area contributed by atoms with Crippen molar-refractivity contribution >= 4 is 17.5 Å². The van der Waals surface area contributed by atoms with Crippen molar-refractivity contribution in [2.24, 2.45) is 5.92 Å². The van der Waals surface area contributed by atoms with Crippen LogP contribution in [0, 0.1) is 5.92 Å². The first kappa shape index (κ1) is 14.1. The lowest BCUT2D eigenvalue weighted by atomic mass is 9.97. The van der Waals surface area contributed by atoms with E-state index in [4.69, 9.17) is 5.73 Å². The Hall–Kier alpha value is -1.85. The number of nitrogens with two attached hydrogens (primary N) is 1. The highest BCUT2D eigenvalue weighted by atomic mass is 16.1. The van der Waals surface area contributed by atoms with Gasteiger partial charge in [-0.2, -0.15) is 0 Å². The zero-order chi connectivity index (χ0) is 14.8. The number of amides is 1. The third-order valence-corrected chi connectivity index (χ3v) is 4.27. The molecule has 1 aliphatic carbocycles. The van der Waals surface area contributed by atoms with Crippen molar-refractivity contribution < 1.29 is 4.79 Å². The van der Waals surface area contributed by atoms with Gasteiger partial charge >= 0.3 is 0 Å². The van der Waals surface area contributed by atoms with Crippen molar-refractivity contribution in [3.63, 3.8) is 0 Å². The van der Waals surface area contributed by atoms with Crippen LogP contribution in [0.4, 0.5) is 11.6 Å². The van der Waals surface area contributed by atoms with Crippen LogP contribution in [0.2, 0.25) is 0 Å². The summed E-state index contributed by atoms with van der Waals surface area (Å²) in [5, 5.41) is 2.91. The molecule has 0 bridgehead atoms. The highest BCUT2D eigenvalue weighted by molar-refractivity contribution is 5.72. The third-order valence-electron chi connectivity index (χ3n) is 4.27. The Bertz CT molecular complexity index is 521. The van der Waals surface area contributed by atoms with Crippen LogP contribution in [0.3, 0.4) is 0 Å². The van der Waals surface area contributed by atoms with E-state index >= 15 is 0 Å². The van der Waals surface area contributed by atoms with Crippen LogP contribution >= 0.6 is 0 Å². The minimum Gasteiger partial charge on any atom is -0.384 e. The molecule has 3 N–H and O–H groups in total. The molecule has 0 spiro atoms. The van der Waals surface area contributed by atoms with E-state index in [1.165, 1.54) is 12.8 Å². The molecule has 0 radical (unpaired) electrons. The fourth-order valence-electron chi connectivity index (χ4n) is 2.81. The fourth-order valence-corrected chi connectivity index (χ4v) is 2.81. The Morgan fingerprint density at radius 2 is 2.05 bits per heavy atom. The van der Waals surface area contributed by atoms with Gasteiger partial charge in [0.2, 0.25) is 5.91 Å². The molecule has 1 saturated heterocycles. The largest absolute Gasteiger partial charge is 0.384 e. The van der Waals surface area contributed by atoms with Crippen LogP contribution in [-0.2, 0) is 4.79 Å². The molecule has 2 fully saturated rings. The van der Waals surface area contributed by atoms with E-state index in [2.05, 4.69) is 20.2 Å². The molecule has 6 heteroatoms. The van der Waals surface area contributed by atoms with E-state index in [1.54, 1.807) is 6.92 Å². The molecule has 0 atom stereocenters. The van der Waals surface area contributed by atoms with Crippen LogP contribution in [0.1, 0.15) is 44.3 Å². The van der Waals surface area contributed by atoms with Crippen molar-refractivity contribution in [2.75, 3.05) is 30.3 Å². The fraction of sp³-hybridized carbons (Fsp3) is 0.667. The molecule has 1 aromatic rings.